The summed E-state index contributed by atoms with van der Waals surface area (Å²) >= 11 is 3.39. The van der Waals surface area contributed by atoms with E-state index in [4.69, 9.17) is 5.73 Å². The number of nitrogens with two attached hydrogens (primary N) is 1. The number of amides is 2. The second-order valence-corrected chi connectivity index (χ2v) is 9.60. The van der Waals surface area contributed by atoms with E-state index in [1.54, 1.807) is 24.3 Å². The largest absolute Gasteiger partial charge is 0.366 e. The molecule has 0 bridgehead atoms. The Morgan fingerprint density at radius 3 is 2.58 bits per heavy atom. The highest BCUT2D eigenvalue weighted by atomic mass is 79.9. The first-order valence-electron chi connectivity index (χ1n) is 12.2. The molecular formula is C29H29BrN6O2. The van der Waals surface area contributed by atoms with E-state index < -0.39 is 5.91 Å². The van der Waals surface area contributed by atoms with Crippen molar-refractivity contribution in [2.45, 2.75) is 18.9 Å². The minimum absolute atomic E-state index is 0.147. The standard InChI is InChI=1S/C29H29BrN6O2/c1-2-3-15-32-16-14-25(36-28-24-9-5-8-23(27(31)37)26(24)33-18-34-28)20-6-4-7-22(17-20)35-29(38)19-10-12-21(30)13-11-19/h2,4-13,17-18,25,32H,1,3,14-16H2,(H2,31,37)(H,35,38)(H,33,34,36). The molecule has 0 aliphatic rings. The van der Waals surface area contributed by atoms with Crippen molar-refractivity contribution < 1.29 is 9.59 Å². The molecule has 0 spiro atoms. The number of halogens is 1. The van der Waals surface area contributed by atoms with E-state index in [-0.39, 0.29) is 11.9 Å². The Bertz CT molecular complexity index is 1440. The van der Waals surface area contributed by atoms with Crippen molar-refractivity contribution >= 4 is 50.2 Å². The Morgan fingerprint density at radius 2 is 1.82 bits per heavy atom. The van der Waals surface area contributed by atoms with Gasteiger partial charge < -0.3 is 21.7 Å². The lowest BCUT2D eigenvalue weighted by atomic mass is 10.0. The maximum Gasteiger partial charge on any atom is 0.255 e. The number of fused-ring (bicyclic) bond motifs is 1. The lowest BCUT2D eigenvalue weighted by Crippen LogP contribution is -2.22. The quantitative estimate of drug-likeness (QED) is 0.132. The molecule has 4 rings (SSSR count). The molecule has 8 nitrogen and oxygen atoms in total. The predicted octanol–water partition coefficient (Wildman–Crippen LogP) is 5.45. The van der Waals surface area contributed by atoms with Gasteiger partial charge in [0.2, 0.25) is 0 Å². The number of nitrogens with zero attached hydrogens (tertiary/aromatic N) is 2. The van der Waals surface area contributed by atoms with Gasteiger partial charge in [-0.2, -0.15) is 0 Å². The van der Waals surface area contributed by atoms with Crippen molar-refractivity contribution in [2.75, 3.05) is 23.7 Å². The molecule has 0 aliphatic heterocycles. The van der Waals surface area contributed by atoms with Crippen molar-refractivity contribution in [1.29, 1.82) is 0 Å². The van der Waals surface area contributed by atoms with E-state index in [2.05, 4.69) is 48.4 Å². The van der Waals surface area contributed by atoms with Gasteiger partial charge in [0.25, 0.3) is 11.8 Å². The Labute approximate surface area is 229 Å². The molecule has 3 aromatic carbocycles. The fraction of sp³-hybridized carbons (Fsp3) is 0.172. The van der Waals surface area contributed by atoms with E-state index in [1.807, 2.05) is 48.5 Å². The Morgan fingerprint density at radius 1 is 1.03 bits per heavy atom. The number of hydrogen-bond donors (Lipinski definition) is 4. The highest BCUT2D eigenvalue weighted by molar-refractivity contribution is 9.10. The monoisotopic (exact) mass is 572 g/mol. The second-order valence-electron chi connectivity index (χ2n) is 8.69. The van der Waals surface area contributed by atoms with Gasteiger partial charge in [0, 0.05) is 21.1 Å². The van der Waals surface area contributed by atoms with Crippen LogP contribution < -0.4 is 21.7 Å². The first kappa shape index (κ1) is 27.0. The van der Waals surface area contributed by atoms with Crippen molar-refractivity contribution in [1.82, 2.24) is 15.3 Å². The van der Waals surface area contributed by atoms with Crippen LogP contribution in [0.5, 0.6) is 0 Å². The van der Waals surface area contributed by atoms with E-state index in [1.165, 1.54) is 6.33 Å². The first-order chi connectivity index (χ1) is 18.5. The number of anilines is 2. The van der Waals surface area contributed by atoms with E-state index in [0.717, 1.165) is 36.0 Å². The van der Waals surface area contributed by atoms with Crippen LogP contribution in [0, 0.1) is 0 Å². The number of benzene rings is 3. The number of rotatable bonds is 12. The summed E-state index contributed by atoms with van der Waals surface area (Å²) < 4.78 is 0.909. The van der Waals surface area contributed by atoms with Gasteiger partial charge in [-0.1, -0.05) is 40.2 Å². The molecule has 0 radical (unpaired) electrons. The summed E-state index contributed by atoms with van der Waals surface area (Å²) in [4.78, 5) is 33.5. The van der Waals surface area contributed by atoms with Crippen molar-refractivity contribution in [3.63, 3.8) is 0 Å². The van der Waals surface area contributed by atoms with Gasteiger partial charge in [0.1, 0.15) is 12.1 Å². The third-order valence-electron chi connectivity index (χ3n) is 6.03. The predicted molar refractivity (Wildman–Crippen MR) is 155 cm³/mol. The van der Waals surface area contributed by atoms with Crippen LogP contribution in [0.4, 0.5) is 11.5 Å². The van der Waals surface area contributed by atoms with Crippen LogP contribution in [0.2, 0.25) is 0 Å². The van der Waals surface area contributed by atoms with Crippen LogP contribution in [0.25, 0.3) is 10.9 Å². The number of hydrogen-bond acceptors (Lipinski definition) is 6. The molecule has 0 fully saturated rings. The van der Waals surface area contributed by atoms with E-state index in [0.29, 0.717) is 33.5 Å². The highest BCUT2D eigenvalue weighted by Crippen LogP contribution is 2.29. The normalized spacial score (nSPS) is 11.6. The molecule has 5 N–H and O–H groups in total. The number of para-hydroxylation sites is 1. The number of nitrogens with one attached hydrogen (secondary N) is 3. The van der Waals surface area contributed by atoms with Gasteiger partial charge in [0.15, 0.2) is 0 Å². The van der Waals surface area contributed by atoms with Gasteiger partial charge in [-0.25, -0.2) is 9.97 Å². The van der Waals surface area contributed by atoms with Gasteiger partial charge >= 0.3 is 0 Å². The lowest BCUT2D eigenvalue weighted by molar-refractivity contribution is 0.0998. The molecule has 38 heavy (non-hydrogen) atoms. The van der Waals surface area contributed by atoms with Crippen LogP contribution in [0.15, 0.2) is 90.2 Å². The average molecular weight is 573 g/mol. The molecule has 9 heteroatoms. The molecule has 2 amide bonds. The topological polar surface area (TPSA) is 122 Å². The molecule has 1 unspecified atom stereocenters. The fourth-order valence-corrected chi connectivity index (χ4v) is 4.37. The summed E-state index contributed by atoms with van der Waals surface area (Å²) in [6, 6.07) is 20.1. The molecule has 0 saturated heterocycles. The number of aromatic nitrogens is 2. The SMILES string of the molecule is C=CCCNCCC(Nc1ncnc2c(C(N)=O)cccc12)c1cccc(NC(=O)c2ccc(Br)cc2)c1. The minimum Gasteiger partial charge on any atom is -0.366 e. The third kappa shape index (κ3) is 6.81. The second kappa shape index (κ2) is 12.9. The van der Waals surface area contributed by atoms with Crippen molar-refractivity contribution in [3.8, 4) is 0 Å². The Kier molecular flexibility index (Phi) is 9.18. The molecule has 0 saturated carbocycles. The molecule has 1 aromatic heterocycles. The molecule has 4 aromatic rings. The number of carbonyl (C=O) groups is 2. The van der Waals surface area contributed by atoms with Crippen molar-refractivity contribution in [3.05, 3.63) is 107 Å². The maximum atomic E-state index is 12.8. The van der Waals surface area contributed by atoms with Gasteiger partial charge in [-0.15, -0.1) is 6.58 Å². The summed E-state index contributed by atoms with van der Waals surface area (Å²) in [5.74, 6) is -0.137. The van der Waals surface area contributed by atoms with Crippen LogP contribution in [0.1, 0.15) is 45.2 Å². The Balaban J connectivity index is 1.61. The van der Waals surface area contributed by atoms with Crippen LogP contribution >= 0.6 is 15.9 Å². The summed E-state index contributed by atoms with van der Waals surface area (Å²) in [5.41, 5.74) is 8.63. The molecular weight excluding hydrogens is 544 g/mol. The molecule has 1 atom stereocenters. The van der Waals surface area contributed by atoms with Gasteiger partial charge in [-0.05, 0) is 80.0 Å². The molecule has 1 heterocycles. The average Bonchev–Trinajstić information content (AvgIpc) is 2.92. The van der Waals surface area contributed by atoms with Crippen LogP contribution in [0.3, 0.4) is 0 Å². The third-order valence-corrected chi connectivity index (χ3v) is 6.56. The van der Waals surface area contributed by atoms with Crippen LogP contribution in [-0.4, -0.2) is 34.9 Å². The number of primary amides is 1. The van der Waals surface area contributed by atoms with Gasteiger partial charge in [0.05, 0.1) is 17.1 Å². The molecule has 0 aliphatic carbocycles. The van der Waals surface area contributed by atoms with Crippen LogP contribution in [-0.2, 0) is 0 Å². The number of carbonyl (C=O) groups excluding carboxylic acids is 2. The zero-order chi connectivity index (χ0) is 26.9. The summed E-state index contributed by atoms with van der Waals surface area (Å²) in [6.07, 6.45) is 4.92. The maximum absolute atomic E-state index is 12.8. The first-order valence-corrected chi connectivity index (χ1v) is 13.0. The zero-order valence-corrected chi connectivity index (χ0v) is 22.4. The van der Waals surface area contributed by atoms with Gasteiger partial charge in [-0.3, -0.25) is 9.59 Å². The minimum atomic E-state index is -0.544. The smallest absolute Gasteiger partial charge is 0.255 e. The lowest BCUT2D eigenvalue weighted by Gasteiger charge is -2.22. The Hall–Kier alpha value is -4.08. The highest BCUT2D eigenvalue weighted by Gasteiger charge is 2.17. The summed E-state index contributed by atoms with van der Waals surface area (Å²) in [6.45, 7) is 5.35. The summed E-state index contributed by atoms with van der Waals surface area (Å²) in [7, 11) is 0. The van der Waals surface area contributed by atoms with Crippen molar-refractivity contribution in [2.24, 2.45) is 5.73 Å². The molecule has 194 valence electrons. The summed E-state index contributed by atoms with van der Waals surface area (Å²) in [5, 5.41) is 10.6. The van der Waals surface area contributed by atoms with E-state index >= 15 is 0 Å². The fourth-order valence-electron chi connectivity index (χ4n) is 4.10. The van der Waals surface area contributed by atoms with E-state index in [9.17, 15) is 9.59 Å². The zero-order valence-electron chi connectivity index (χ0n) is 20.8.